The second-order valence-corrected chi connectivity index (χ2v) is 4.46. The smallest absolute Gasteiger partial charge is 0.238 e. The fraction of sp³-hybridized carbons (Fsp3) is 0.333. The van der Waals surface area contributed by atoms with Crippen LogP contribution >= 0.6 is 0 Å². The van der Waals surface area contributed by atoms with Gasteiger partial charge in [-0.05, 0) is 31.4 Å². The molecule has 0 aromatic heterocycles. The zero-order chi connectivity index (χ0) is 13.3. The zero-order valence-electron chi connectivity index (χ0n) is 9.90. The molecule has 5 nitrogen and oxygen atoms in total. The predicted molar refractivity (Wildman–Crippen MR) is 64.8 cm³/mol. The standard InChI is InChI=1S/C12H14FN3O2/c1-7-3-2-4-8(9(7)13)15-11(17)12(5-6-12)10(14)16-18/h2-4,18H,5-6H2,1H3,(H2,14,16)(H,15,17). The van der Waals surface area contributed by atoms with Crippen LogP contribution in [0.25, 0.3) is 0 Å². The SMILES string of the molecule is Cc1cccc(NC(=O)C2(/C(N)=N/O)CC2)c1F. The van der Waals surface area contributed by atoms with E-state index in [1.54, 1.807) is 19.1 Å². The van der Waals surface area contributed by atoms with Gasteiger partial charge in [0.25, 0.3) is 0 Å². The number of oxime groups is 1. The Morgan fingerprint density at radius 3 is 2.78 bits per heavy atom. The third-order valence-electron chi connectivity index (χ3n) is 3.22. The van der Waals surface area contributed by atoms with Gasteiger partial charge in [-0.25, -0.2) is 4.39 Å². The van der Waals surface area contributed by atoms with Gasteiger partial charge in [-0.2, -0.15) is 0 Å². The molecule has 0 radical (unpaired) electrons. The number of rotatable bonds is 3. The number of carbonyl (C=O) groups excluding carboxylic acids is 1. The predicted octanol–water partition coefficient (Wildman–Crippen LogP) is 1.60. The van der Waals surface area contributed by atoms with Crippen molar-refractivity contribution in [1.82, 2.24) is 0 Å². The van der Waals surface area contributed by atoms with E-state index in [4.69, 9.17) is 10.9 Å². The maximum atomic E-state index is 13.7. The van der Waals surface area contributed by atoms with E-state index >= 15 is 0 Å². The van der Waals surface area contributed by atoms with Crippen LogP contribution in [0.2, 0.25) is 0 Å². The molecule has 0 unspecified atom stereocenters. The molecule has 1 aromatic rings. The fourth-order valence-electron chi connectivity index (χ4n) is 1.81. The van der Waals surface area contributed by atoms with Gasteiger partial charge in [-0.1, -0.05) is 17.3 Å². The Morgan fingerprint density at radius 2 is 2.22 bits per heavy atom. The van der Waals surface area contributed by atoms with E-state index in [0.29, 0.717) is 18.4 Å². The third-order valence-corrected chi connectivity index (χ3v) is 3.22. The molecule has 0 saturated heterocycles. The summed E-state index contributed by atoms with van der Waals surface area (Å²) < 4.78 is 13.7. The zero-order valence-corrected chi connectivity index (χ0v) is 9.90. The van der Waals surface area contributed by atoms with E-state index in [1.807, 2.05) is 0 Å². The van der Waals surface area contributed by atoms with Crippen LogP contribution in [0.3, 0.4) is 0 Å². The Kier molecular flexibility index (Phi) is 2.94. The van der Waals surface area contributed by atoms with Crippen LogP contribution in [-0.2, 0) is 4.79 Å². The number of benzene rings is 1. The van der Waals surface area contributed by atoms with E-state index in [0.717, 1.165) is 0 Å². The summed E-state index contributed by atoms with van der Waals surface area (Å²) in [6, 6.07) is 4.74. The molecule has 1 aromatic carbocycles. The number of amidine groups is 1. The van der Waals surface area contributed by atoms with Crippen molar-refractivity contribution in [3.63, 3.8) is 0 Å². The van der Waals surface area contributed by atoms with E-state index < -0.39 is 17.1 Å². The number of nitrogens with two attached hydrogens (primary N) is 1. The maximum Gasteiger partial charge on any atom is 0.238 e. The number of nitrogens with one attached hydrogen (secondary N) is 1. The van der Waals surface area contributed by atoms with Crippen molar-refractivity contribution >= 4 is 17.4 Å². The van der Waals surface area contributed by atoms with Gasteiger partial charge in [0.15, 0.2) is 5.84 Å². The lowest BCUT2D eigenvalue weighted by Crippen LogP contribution is -2.36. The normalized spacial score (nSPS) is 17.3. The summed E-state index contributed by atoms with van der Waals surface area (Å²) in [5.41, 5.74) is 5.05. The molecule has 18 heavy (non-hydrogen) atoms. The topological polar surface area (TPSA) is 87.7 Å². The monoisotopic (exact) mass is 251 g/mol. The van der Waals surface area contributed by atoms with Gasteiger partial charge in [0.2, 0.25) is 5.91 Å². The molecule has 0 aliphatic heterocycles. The van der Waals surface area contributed by atoms with Gasteiger partial charge in [0.05, 0.1) is 5.69 Å². The van der Waals surface area contributed by atoms with E-state index in [9.17, 15) is 9.18 Å². The molecule has 4 N–H and O–H groups in total. The van der Waals surface area contributed by atoms with Crippen molar-refractivity contribution in [2.75, 3.05) is 5.32 Å². The highest BCUT2D eigenvalue weighted by molar-refractivity contribution is 6.14. The molecular formula is C12H14FN3O2. The van der Waals surface area contributed by atoms with Crippen LogP contribution in [0.5, 0.6) is 0 Å². The summed E-state index contributed by atoms with van der Waals surface area (Å²) in [6.07, 6.45) is 1.00. The summed E-state index contributed by atoms with van der Waals surface area (Å²) in [7, 11) is 0. The summed E-state index contributed by atoms with van der Waals surface area (Å²) in [5, 5.41) is 14.0. The van der Waals surface area contributed by atoms with Gasteiger partial charge >= 0.3 is 0 Å². The number of halogens is 1. The lowest BCUT2D eigenvalue weighted by molar-refractivity contribution is -0.119. The van der Waals surface area contributed by atoms with Crippen molar-refractivity contribution in [2.45, 2.75) is 19.8 Å². The second kappa shape index (κ2) is 4.29. The first-order valence-electron chi connectivity index (χ1n) is 5.56. The Hall–Kier alpha value is -2.11. The Bertz CT molecular complexity index is 524. The minimum atomic E-state index is -0.981. The minimum absolute atomic E-state index is 0.108. The van der Waals surface area contributed by atoms with Gasteiger partial charge in [0.1, 0.15) is 11.2 Å². The molecule has 1 amide bonds. The van der Waals surface area contributed by atoms with Gasteiger partial charge in [0, 0.05) is 0 Å². The molecule has 1 aliphatic carbocycles. The maximum absolute atomic E-state index is 13.7. The lowest BCUT2D eigenvalue weighted by Gasteiger charge is -2.14. The summed E-state index contributed by atoms with van der Waals surface area (Å²) in [4.78, 5) is 12.0. The number of anilines is 1. The Labute approximate surface area is 103 Å². The second-order valence-electron chi connectivity index (χ2n) is 4.46. The van der Waals surface area contributed by atoms with Crippen LogP contribution in [0.15, 0.2) is 23.4 Å². The van der Waals surface area contributed by atoms with Crippen LogP contribution in [0.4, 0.5) is 10.1 Å². The minimum Gasteiger partial charge on any atom is -0.409 e. The first-order valence-corrected chi connectivity index (χ1v) is 5.56. The summed E-state index contributed by atoms with van der Waals surface area (Å²) >= 11 is 0. The number of carbonyl (C=O) groups is 1. The first kappa shape index (κ1) is 12.3. The van der Waals surface area contributed by atoms with Crippen molar-refractivity contribution in [3.8, 4) is 0 Å². The summed E-state index contributed by atoms with van der Waals surface area (Å²) in [5.74, 6) is -1.04. The number of hydrogen-bond acceptors (Lipinski definition) is 3. The Balaban J connectivity index is 2.20. The number of nitrogens with zero attached hydrogens (tertiary/aromatic N) is 1. The quantitative estimate of drug-likeness (QED) is 0.330. The Morgan fingerprint density at radius 1 is 1.56 bits per heavy atom. The molecule has 0 spiro atoms. The number of aryl methyl sites for hydroxylation is 1. The highest BCUT2D eigenvalue weighted by Crippen LogP contribution is 2.46. The van der Waals surface area contributed by atoms with Gasteiger partial charge in [-0.15, -0.1) is 0 Å². The molecular weight excluding hydrogens is 237 g/mol. The highest BCUT2D eigenvalue weighted by atomic mass is 19.1. The van der Waals surface area contributed by atoms with Crippen molar-refractivity contribution in [2.24, 2.45) is 16.3 Å². The molecule has 0 heterocycles. The lowest BCUT2D eigenvalue weighted by atomic mass is 10.0. The first-order chi connectivity index (χ1) is 8.51. The van der Waals surface area contributed by atoms with Crippen LogP contribution in [-0.4, -0.2) is 17.0 Å². The average molecular weight is 251 g/mol. The highest BCUT2D eigenvalue weighted by Gasteiger charge is 2.54. The number of hydrogen-bond donors (Lipinski definition) is 3. The van der Waals surface area contributed by atoms with E-state index in [1.165, 1.54) is 6.07 Å². The molecule has 96 valence electrons. The van der Waals surface area contributed by atoms with Gasteiger partial charge in [-0.3, -0.25) is 4.79 Å². The average Bonchev–Trinajstić information content (AvgIpc) is 3.15. The van der Waals surface area contributed by atoms with Crippen LogP contribution in [0.1, 0.15) is 18.4 Å². The van der Waals surface area contributed by atoms with Crippen LogP contribution < -0.4 is 11.1 Å². The van der Waals surface area contributed by atoms with Crippen molar-refractivity contribution in [1.29, 1.82) is 0 Å². The molecule has 6 heteroatoms. The molecule has 1 fully saturated rings. The number of amides is 1. The molecule has 1 saturated carbocycles. The third kappa shape index (κ3) is 1.90. The van der Waals surface area contributed by atoms with Gasteiger partial charge < -0.3 is 16.3 Å². The molecule has 2 rings (SSSR count). The summed E-state index contributed by atoms with van der Waals surface area (Å²) in [6.45, 7) is 1.61. The molecule has 0 bridgehead atoms. The van der Waals surface area contributed by atoms with Crippen molar-refractivity contribution in [3.05, 3.63) is 29.6 Å². The molecule has 0 atom stereocenters. The van der Waals surface area contributed by atoms with E-state index in [2.05, 4.69) is 10.5 Å². The van der Waals surface area contributed by atoms with Crippen molar-refractivity contribution < 1.29 is 14.4 Å². The van der Waals surface area contributed by atoms with Crippen LogP contribution in [0, 0.1) is 18.2 Å². The molecule has 1 aliphatic rings. The fourth-order valence-corrected chi connectivity index (χ4v) is 1.81. The van der Waals surface area contributed by atoms with E-state index in [-0.39, 0.29) is 11.5 Å². The largest absolute Gasteiger partial charge is 0.409 e.